The van der Waals surface area contributed by atoms with Crippen molar-refractivity contribution in [1.82, 2.24) is 10.2 Å². The number of carbonyl (C=O) groups excluding carboxylic acids is 1. The molecule has 9 heteroatoms. The third-order valence-corrected chi connectivity index (χ3v) is 5.68. The maximum atomic E-state index is 13.0. The molecule has 34 heavy (non-hydrogen) atoms. The van der Waals surface area contributed by atoms with Crippen LogP contribution in [-0.2, 0) is 9.53 Å². The topological polar surface area (TPSA) is 110 Å². The lowest BCUT2D eigenvalue weighted by Gasteiger charge is -2.26. The van der Waals surface area contributed by atoms with Gasteiger partial charge in [0, 0.05) is 31.8 Å². The van der Waals surface area contributed by atoms with Crippen LogP contribution in [0.15, 0.2) is 51.9 Å². The van der Waals surface area contributed by atoms with Gasteiger partial charge in [0.05, 0.1) is 25.9 Å². The van der Waals surface area contributed by atoms with Gasteiger partial charge in [-0.3, -0.25) is 14.5 Å². The van der Waals surface area contributed by atoms with E-state index in [-0.39, 0.29) is 40.4 Å². The summed E-state index contributed by atoms with van der Waals surface area (Å²) in [5, 5.41) is 13.3. The van der Waals surface area contributed by atoms with E-state index in [4.69, 9.17) is 18.6 Å². The summed E-state index contributed by atoms with van der Waals surface area (Å²) in [6.07, 6.45) is 2.18. The Morgan fingerprint density at radius 3 is 2.65 bits per heavy atom. The average molecular weight is 469 g/mol. The molecule has 1 aromatic heterocycles. The van der Waals surface area contributed by atoms with Crippen molar-refractivity contribution in [3.63, 3.8) is 0 Å². The van der Waals surface area contributed by atoms with E-state index in [9.17, 15) is 14.7 Å². The van der Waals surface area contributed by atoms with Crippen LogP contribution in [0.25, 0.3) is 22.1 Å². The van der Waals surface area contributed by atoms with Gasteiger partial charge < -0.3 is 29.1 Å². The highest BCUT2D eigenvalue weighted by atomic mass is 16.5. The Bertz CT molecular complexity index is 1180. The first-order valence-corrected chi connectivity index (χ1v) is 11.2. The van der Waals surface area contributed by atoms with Gasteiger partial charge in [-0.2, -0.15) is 0 Å². The molecule has 180 valence electrons. The van der Waals surface area contributed by atoms with Crippen molar-refractivity contribution in [2.45, 2.75) is 6.42 Å². The molecule has 9 nitrogen and oxygen atoms in total. The van der Waals surface area contributed by atoms with Crippen molar-refractivity contribution in [1.29, 1.82) is 0 Å². The second-order valence-electron chi connectivity index (χ2n) is 7.97. The van der Waals surface area contributed by atoms with Gasteiger partial charge in [0.25, 0.3) is 5.91 Å². The van der Waals surface area contributed by atoms with E-state index in [0.717, 1.165) is 39.3 Å². The van der Waals surface area contributed by atoms with Crippen molar-refractivity contribution in [3.8, 4) is 28.4 Å². The molecule has 1 saturated heterocycles. The molecule has 2 aromatic carbocycles. The lowest BCUT2D eigenvalue weighted by atomic mass is 10.0. The number of hydrogen-bond acceptors (Lipinski definition) is 8. The molecule has 1 aliphatic heterocycles. The van der Waals surface area contributed by atoms with E-state index in [2.05, 4.69) is 10.2 Å². The van der Waals surface area contributed by atoms with Crippen molar-refractivity contribution in [3.05, 3.63) is 52.9 Å². The normalized spacial score (nSPS) is 14.1. The predicted molar refractivity (Wildman–Crippen MR) is 127 cm³/mol. The standard InChI is InChI=1S/C25H28N2O7/c1-31-18-5-3-17(4-6-18)20-15-34-22-14-19(13-21(28)24(22)25(20)30)33-16-23(29)26-7-2-8-27-9-11-32-12-10-27/h3-6,13-15,28H,2,7-12,16H2,1H3,(H,26,29). The number of fused-ring (bicyclic) bond motifs is 1. The quantitative estimate of drug-likeness (QED) is 0.461. The largest absolute Gasteiger partial charge is 0.507 e. The van der Waals surface area contributed by atoms with E-state index in [1.165, 1.54) is 18.4 Å². The van der Waals surface area contributed by atoms with Crippen LogP contribution in [0.5, 0.6) is 17.2 Å². The number of aromatic hydroxyl groups is 1. The summed E-state index contributed by atoms with van der Waals surface area (Å²) in [4.78, 5) is 27.4. The molecule has 1 amide bonds. The molecule has 0 saturated carbocycles. The Kier molecular flexibility index (Phi) is 7.66. The first kappa shape index (κ1) is 23.6. The summed E-state index contributed by atoms with van der Waals surface area (Å²) in [7, 11) is 1.56. The maximum absolute atomic E-state index is 13.0. The lowest BCUT2D eigenvalue weighted by Crippen LogP contribution is -2.38. The third kappa shape index (κ3) is 5.67. The van der Waals surface area contributed by atoms with Gasteiger partial charge in [0.15, 0.2) is 6.61 Å². The number of methoxy groups -OCH3 is 1. The van der Waals surface area contributed by atoms with Crippen LogP contribution in [0.1, 0.15) is 6.42 Å². The SMILES string of the molecule is COc1ccc(-c2coc3cc(OCC(=O)NCCCN4CCOCC4)cc(O)c3c2=O)cc1. The van der Waals surface area contributed by atoms with E-state index >= 15 is 0 Å². The molecule has 0 radical (unpaired) electrons. The number of carbonyl (C=O) groups is 1. The first-order valence-electron chi connectivity index (χ1n) is 11.2. The van der Waals surface area contributed by atoms with E-state index in [0.29, 0.717) is 23.4 Å². The molecule has 0 unspecified atom stereocenters. The molecule has 0 spiro atoms. The van der Waals surface area contributed by atoms with Gasteiger partial charge in [-0.15, -0.1) is 0 Å². The minimum absolute atomic E-state index is 0.0493. The number of amides is 1. The minimum atomic E-state index is -0.367. The molecular weight excluding hydrogens is 440 g/mol. The molecular formula is C25H28N2O7. The number of phenolic OH excluding ortho intramolecular Hbond substituents is 1. The summed E-state index contributed by atoms with van der Waals surface area (Å²) in [5.74, 6) is 0.355. The summed E-state index contributed by atoms with van der Waals surface area (Å²) in [6.45, 7) is 4.58. The number of hydrogen-bond donors (Lipinski definition) is 2. The van der Waals surface area contributed by atoms with Crippen LogP contribution in [0, 0.1) is 0 Å². The monoisotopic (exact) mass is 468 g/mol. The third-order valence-electron chi connectivity index (χ3n) is 5.68. The average Bonchev–Trinajstić information content (AvgIpc) is 2.86. The van der Waals surface area contributed by atoms with Crippen molar-refractivity contribution < 1.29 is 28.5 Å². The van der Waals surface area contributed by atoms with Crippen LogP contribution < -0.4 is 20.2 Å². The van der Waals surface area contributed by atoms with Crippen LogP contribution in [-0.4, -0.2) is 69.0 Å². The summed E-state index contributed by atoms with van der Waals surface area (Å²) in [6, 6.07) is 9.76. The van der Waals surface area contributed by atoms with E-state index in [1.54, 1.807) is 31.4 Å². The number of nitrogens with one attached hydrogen (secondary N) is 1. The molecule has 4 rings (SSSR count). The number of rotatable bonds is 9. The Morgan fingerprint density at radius 1 is 1.15 bits per heavy atom. The second kappa shape index (κ2) is 11.0. The van der Waals surface area contributed by atoms with E-state index < -0.39 is 0 Å². The summed E-state index contributed by atoms with van der Waals surface area (Å²) >= 11 is 0. The number of benzene rings is 2. The zero-order valence-electron chi connectivity index (χ0n) is 19.0. The molecule has 0 bridgehead atoms. The number of ether oxygens (including phenoxy) is 3. The number of morpholine rings is 1. The van der Waals surface area contributed by atoms with Crippen molar-refractivity contribution in [2.24, 2.45) is 0 Å². The smallest absolute Gasteiger partial charge is 0.257 e. The number of nitrogens with zero attached hydrogens (tertiary/aromatic N) is 1. The lowest BCUT2D eigenvalue weighted by molar-refractivity contribution is -0.123. The first-order chi connectivity index (χ1) is 16.5. The molecule has 3 aromatic rings. The molecule has 1 fully saturated rings. The van der Waals surface area contributed by atoms with Gasteiger partial charge in [-0.25, -0.2) is 0 Å². The second-order valence-corrected chi connectivity index (χ2v) is 7.97. The Labute approximate surface area is 196 Å². The Balaban J connectivity index is 1.36. The predicted octanol–water partition coefficient (Wildman–Crippen LogP) is 2.39. The van der Waals surface area contributed by atoms with Crippen LogP contribution in [0.2, 0.25) is 0 Å². The van der Waals surface area contributed by atoms with Gasteiger partial charge in [0.2, 0.25) is 5.43 Å². The summed E-state index contributed by atoms with van der Waals surface area (Å²) in [5.41, 5.74) is 0.758. The molecule has 0 aliphatic carbocycles. The van der Waals surface area contributed by atoms with Crippen molar-refractivity contribution in [2.75, 3.05) is 53.1 Å². The van der Waals surface area contributed by atoms with Gasteiger partial charge in [-0.1, -0.05) is 12.1 Å². The zero-order valence-corrected chi connectivity index (χ0v) is 19.0. The fourth-order valence-electron chi connectivity index (χ4n) is 3.82. The molecule has 0 atom stereocenters. The molecule has 1 aliphatic rings. The van der Waals surface area contributed by atoms with Gasteiger partial charge >= 0.3 is 0 Å². The van der Waals surface area contributed by atoms with E-state index in [1.807, 2.05) is 0 Å². The van der Waals surface area contributed by atoms with Gasteiger partial charge in [-0.05, 0) is 30.7 Å². The maximum Gasteiger partial charge on any atom is 0.257 e. The Hall–Kier alpha value is -3.56. The molecule has 2 N–H and O–H groups in total. The fourth-order valence-corrected chi connectivity index (χ4v) is 3.82. The Morgan fingerprint density at radius 2 is 1.91 bits per heavy atom. The fraction of sp³-hybridized carbons (Fsp3) is 0.360. The number of phenols is 1. The van der Waals surface area contributed by atoms with Crippen molar-refractivity contribution >= 4 is 16.9 Å². The minimum Gasteiger partial charge on any atom is -0.507 e. The zero-order chi connectivity index (χ0) is 23.9. The van der Waals surface area contributed by atoms with Crippen LogP contribution in [0.3, 0.4) is 0 Å². The van der Waals surface area contributed by atoms with Gasteiger partial charge in [0.1, 0.15) is 34.5 Å². The highest BCUT2D eigenvalue weighted by Crippen LogP contribution is 2.30. The highest BCUT2D eigenvalue weighted by molar-refractivity contribution is 5.88. The summed E-state index contributed by atoms with van der Waals surface area (Å²) < 4.78 is 21.6. The van der Waals surface area contributed by atoms with Crippen LogP contribution >= 0.6 is 0 Å². The molecule has 2 heterocycles. The highest BCUT2D eigenvalue weighted by Gasteiger charge is 2.15. The van der Waals surface area contributed by atoms with Crippen LogP contribution in [0.4, 0.5) is 0 Å².